The average molecular weight is 317 g/mol. The Hall–Kier alpha value is -2.34. The van der Waals surface area contributed by atoms with Crippen LogP contribution in [0.15, 0.2) is 16.5 Å². The molecular formula is C17H19NO5. The molecule has 0 spiro atoms. The number of carboxylic acid groups (broad SMARTS) is 1. The number of fused-ring (bicyclic) bond motifs is 1. The number of ether oxygens (including phenoxy) is 1. The van der Waals surface area contributed by atoms with Crippen molar-refractivity contribution in [2.24, 2.45) is 0 Å². The lowest BCUT2D eigenvalue weighted by Gasteiger charge is -2.32. The van der Waals surface area contributed by atoms with Gasteiger partial charge >= 0.3 is 5.97 Å². The normalized spacial score (nSPS) is 18.4. The number of carbonyl (C=O) groups is 2. The third-order valence-electron chi connectivity index (χ3n) is 4.35. The van der Waals surface area contributed by atoms with Gasteiger partial charge in [0.05, 0.1) is 13.2 Å². The van der Waals surface area contributed by atoms with Gasteiger partial charge in [-0.1, -0.05) is 12.1 Å². The molecule has 1 amide bonds. The van der Waals surface area contributed by atoms with Crippen molar-refractivity contribution in [1.29, 1.82) is 0 Å². The minimum atomic E-state index is -1.07. The van der Waals surface area contributed by atoms with Crippen LogP contribution in [0.1, 0.15) is 27.2 Å². The van der Waals surface area contributed by atoms with E-state index in [0.29, 0.717) is 12.2 Å². The maximum atomic E-state index is 12.8. The van der Waals surface area contributed by atoms with Crippen LogP contribution in [0.5, 0.6) is 0 Å². The van der Waals surface area contributed by atoms with Gasteiger partial charge in [0.2, 0.25) is 0 Å². The fraction of sp³-hybridized carbons (Fsp3) is 0.412. The molecule has 1 saturated heterocycles. The minimum absolute atomic E-state index is 0.00158. The van der Waals surface area contributed by atoms with E-state index in [-0.39, 0.29) is 18.9 Å². The number of benzene rings is 1. The van der Waals surface area contributed by atoms with Crippen LogP contribution in [-0.2, 0) is 9.53 Å². The van der Waals surface area contributed by atoms with Crippen molar-refractivity contribution in [2.75, 3.05) is 19.8 Å². The molecule has 0 bridgehead atoms. The number of carboxylic acids is 1. The van der Waals surface area contributed by atoms with E-state index in [1.54, 1.807) is 0 Å². The third kappa shape index (κ3) is 2.49. The fourth-order valence-electron chi connectivity index (χ4n) is 3.06. The summed E-state index contributed by atoms with van der Waals surface area (Å²) in [6.07, 6.45) is 0. The lowest BCUT2D eigenvalue weighted by Crippen LogP contribution is -2.52. The molecule has 122 valence electrons. The molecule has 1 aliphatic rings. The number of nitrogens with zero attached hydrogens (tertiary/aromatic N) is 1. The number of carbonyl (C=O) groups excluding carboxylic acids is 1. The van der Waals surface area contributed by atoms with Crippen molar-refractivity contribution in [3.05, 3.63) is 34.6 Å². The number of morpholine rings is 1. The first-order valence-electron chi connectivity index (χ1n) is 7.52. The second kappa shape index (κ2) is 5.70. The van der Waals surface area contributed by atoms with Gasteiger partial charge in [-0.2, -0.15) is 0 Å². The first-order valence-corrected chi connectivity index (χ1v) is 7.52. The van der Waals surface area contributed by atoms with Crippen molar-refractivity contribution in [1.82, 2.24) is 4.90 Å². The maximum Gasteiger partial charge on any atom is 0.328 e. The standard InChI is InChI=1S/C17H19NO5/c1-9-4-5-10(2)14-13(9)11(3)15(23-14)16(19)18-6-7-22-8-12(18)17(20)21/h4-5,12H,6-8H2,1-3H3,(H,20,21). The largest absolute Gasteiger partial charge is 0.480 e. The Morgan fingerprint density at radius 3 is 2.57 bits per heavy atom. The van der Waals surface area contributed by atoms with Crippen LogP contribution in [0.4, 0.5) is 0 Å². The average Bonchev–Trinajstić information content (AvgIpc) is 2.89. The van der Waals surface area contributed by atoms with E-state index in [0.717, 1.165) is 22.1 Å². The van der Waals surface area contributed by atoms with E-state index in [2.05, 4.69) is 0 Å². The Labute approximate surface area is 133 Å². The molecule has 1 aromatic heterocycles. The molecule has 1 aromatic carbocycles. The molecule has 0 aliphatic carbocycles. The highest BCUT2D eigenvalue weighted by Crippen LogP contribution is 2.31. The molecule has 1 fully saturated rings. The van der Waals surface area contributed by atoms with Crippen LogP contribution >= 0.6 is 0 Å². The zero-order valence-corrected chi connectivity index (χ0v) is 13.4. The SMILES string of the molecule is Cc1ccc(C)c2c(C)c(C(=O)N3CCOCC3C(=O)O)oc12. The summed E-state index contributed by atoms with van der Waals surface area (Å²) in [5, 5.41) is 10.2. The van der Waals surface area contributed by atoms with Gasteiger partial charge in [-0.15, -0.1) is 0 Å². The summed E-state index contributed by atoms with van der Waals surface area (Å²) < 4.78 is 11.0. The molecule has 6 nitrogen and oxygen atoms in total. The molecule has 1 unspecified atom stereocenters. The summed E-state index contributed by atoms with van der Waals surface area (Å²) in [6.45, 7) is 6.29. The monoisotopic (exact) mass is 317 g/mol. The summed E-state index contributed by atoms with van der Waals surface area (Å²) in [5.41, 5.74) is 3.42. The van der Waals surface area contributed by atoms with Crippen LogP contribution in [-0.4, -0.2) is 47.7 Å². The summed E-state index contributed by atoms with van der Waals surface area (Å²) in [7, 11) is 0. The van der Waals surface area contributed by atoms with E-state index < -0.39 is 17.9 Å². The summed E-state index contributed by atoms with van der Waals surface area (Å²) in [4.78, 5) is 25.5. The number of hydrogen-bond donors (Lipinski definition) is 1. The predicted octanol–water partition coefficient (Wildman–Crippen LogP) is 2.28. The van der Waals surface area contributed by atoms with Crippen molar-refractivity contribution >= 4 is 22.8 Å². The van der Waals surface area contributed by atoms with Gasteiger partial charge in [0.25, 0.3) is 5.91 Å². The van der Waals surface area contributed by atoms with E-state index in [1.165, 1.54) is 4.90 Å². The summed E-state index contributed by atoms with van der Waals surface area (Å²) >= 11 is 0. The Balaban J connectivity index is 2.07. The number of amides is 1. The lowest BCUT2D eigenvalue weighted by atomic mass is 10.0. The van der Waals surface area contributed by atoms with Crippen molar-refractivity contribution in [3.63, 3.8) is 0 Å². The minimum Gasteiger partial charge on any atom is -0.480 e. The van der Waals surface area contributed by atoms with E-state index >= 15 is 0 Å². The molecule has 1 aliphatic heterocycles. The highest BCUT2D eigenvalue weighted by molar-refractivity contribution is 6.01. The van der Waals surface area contributed by atoms with Crippen LogP contribution in [0.2, 0.25) is 0 Å². The lowest BCUT2D eigenvalue weighted by molar-refractivity contribution is -0.147. The van der Waals surface area contributed by atoms with Gasteiger partial charge in [0, 0.05) is 17.5 Å². The fourth-order valence-corrected chi connectivity index (χ4v) is 3.06. The molecule has 23 heavy (non-hydrogen) atoms. The zero-order chi connectivity index (χ0) is 16.7. The molecule has 2 aromatic rings. The topological polar surface area (TPSA) is 80.0 Å². The molecule has 6 heteroatoms. The molecule has 1 atom stereocenters. The van der Waals surface area contributed by atoms with Gasteiger partial charge in [-0.3, -0.25) is 4.79 Å². The van der Waals surface area contributed by atoms with Crippen LogP contribution < -0.4 is 0 Å². The molecule has 1 N–H and O–H groups in total. The quantitative estimate of drug-likeness (QED) is 0.919. The van der Waals surface area contributed by atoms with E-state index in [4.69, 9.17) is 9.15 Å². The van der Waals surface area contributed by atoms with Gasteiger partial charge in [-0.05, 0) is 31.9 Å². The number of aryl methyl sites for hydroxylation is 3. The Morgan fingerprint density at radius 2 is 1.91 bits per heavy atom. The first kappa shape index (κ1) is 15.6. The Morgan fingerprint density at radius 1 is 1.22 bits per heavy atom. The van der Waals surface area contributed by atoms with Crippen LogP contribution in [0.25, 0.3) is 11.0 Å². The molecule has 0 radical (unpaired) electrons. The molecule has 0 saturated carbocycles. The number of hydrogen-bond acceptors (Lipinski definition) is 4. The number of rotatable bonds is 2. The van der Waals surface area contributed by atoms with Gasteiger partial charge in [0.1, 0.15) is 5.58 Å². The maximum absolute atomic E-state index is 12.8. The first-order chi connectivity index (χ1) is 10.9. The van der Waals surface area contributed by atoms with Gasteiger partial charge < -0.3 is 19.2 Å². The van der Waals surface area contributed by atoms with Gasteiger partial charge in [0.15, 0.2) is 11.8 Å². The van der Waals surface area contributed by atoms with E-state index in [9.17, 15) is 14.7 Å². The predicted molar refractivity (Wildman–Crippen MR) is 83.7 cm³/mol. The summed E-state index contributed by atoms with van der Waals surface area (Å²) in [5.74, 6) is -1.25. The van der Waals surface area contributed by atoms with E-state index in [1.807, 2.05) is 32.9 Å². The molecular weight excluding hydrogens is 298 g/mol. The third-order valence-corrected chi connectivity index (χ3v) is 4.35. The van der Waals surface area contributed by atoms with Gasteiger partial charge in [-0.25, -0.2) is 4.79 Å². The summed E-state index contributed by atoms with van der Waals surface area (Å²) in [6, 6.07) is 2.96. The smallest absolute Gasteiger partial charge is 0.328 e. The van der Waals surface area contributed by atoms with Crippen LogP contribution in [0.3, 0.4) is 0 Å². The number of furan rings is 1. The Kier molecular flexibility index (Phi) is 3.85. The highest BCUT2D eigenvalue weighted by Gasteiger charge is 2.35. The zero-order valence-electron chi connectivity index (χ0n) is 13.4. The van der Waals surface area contributed by atoms with Crippen molar-refractivity contribution in [3.8, 4) is 0 Å². The van der Waals surface area contributed by atoms with Crippen LogP contribution in [0, 0.1) is 20.8 Å². The highest BCUT2D eigenvalue weighted by atomic mass is 16.5. The Bertz CT molecular complexity index is 792. The number of aliphatic carboxylic acids is 1. The second-order valence-corrected chi connectivity index (χ2v) is 5.89. The second-order valence-electron chi connectivity index (χ2n) is 5.89. The molecule has 2 heterocycles. The van der Waals surface area contributed by atoms with Crippen molar-refractivity contribution in [2.45, 2.75) is 26.8 Å². The molecule has 3 rings (SSSR count). The van der Waals surface area contributed by atoms with Crippen molar-refractivity contribution < 1.29 is 23.8 Å².